The maximum Gasteiger partial charge on any atom is 0.410 e. The number of halogens is 4. The van der Waals surface area contributed by atoms with Gasteiger partial charge in [0.1, 0.15) is 11.0 Å². The van der Waals surface area contributed by atoms with Gasteiger partial charge in [0.15, 0.2) is 4.60 Å². The molecule has 0 saturated carbocycles. The Morgan fingerprint density at radius 3 is 2.28 bits per heavy atom. The fraction of sp³-hybridized carbons (Fsp3) is 0.833. The van der Waals surface area contributed by atoms with Crippen molar-refractivity contribution in [2.75, 3.05) is 32.7 Å². The zero-order valence-electron chi connectivity index (χ0n) is 17.1. The lowest BCUT2D eigenvalue weighted by molar-refractivity contribution is -0.268. The van der Waals surface area contributed by atoms with E-state index in [4.69, 9.17) is 4.74 Å². The SMILES string of the molecule is Cc1c(Br)nnn1C1CCN(CC2(C(F)(F)F)CN(C(=O)OC(C)(C)C)C2)CC1. The molecule has 0 aromatic carbocycles. The zero-order chi connectivity index (χ0) is 21.6. The molecule has 164 valence electrons. The van der Waals surface area contributed by atoms with Crippen molar-refractivity contribution in [3.8, 4) is 0 Å². The van der Waals surface area contributed by atoms with Crippen molar-refractivity contribution in [1.82, 2.24) is 24.8 Å². The van der Waals surface area contributed by atoms with Gasteiger partial charge in [-0.3, -0.25) is 0 Å². The molecule has 1 amide bonds. The first-order chi connectivity index (χ1) is 13.3. The van der Waals surface area contributed by atoms with E-state index in [-0.39, 0.29) is 25.7 Å². The Hall–Kier alpha value is -1.36. The first-order valence-electron chi connectivity index (χ1n) is 9.66. The largest absolute Gasteiger partial charge is 0.444 e. The highest BCUT2D eigenvalue weighted by molar-refractivity contribution is 9.10. The van der Waals surface area contributed by atoms with Gasteiger partial charge < -0.3 is 14.5 Å². The third-order valence-corrected chi connectivity index (χ3v) is 6.27. The molecular weight excluding hydrogens is 455 g/mol. The van der Waals surface area contributed by atoms with Crippen LogP contribution in [0.4, 0.5) is 18.0 Å². The van der Waals surface area contributed by atoms with Crippen LogP contribution in [-0.2, 0) is 4.74 Å². The lowest BCUT2D eigenvalue weighted by Gasteiger charge is -2.52. The molecule has 2 aliphatic rings. The van der Waals surface area contributed by atoms with Gasteiger partial charge in [-0.2, -0.15) is 13.2 Å². The van der Waals surface area contributed by atoms with E-state index in [1.807, 2.05) is 16.5 Å². The molecule has 2 aliphatic heterocycles. The van der Waals surface area contributed by atoms with Crippen LogP contribution in [0, 0.1) is 12.3 Å². The molecule has 2 fully saturated rings. The molecule has 0 unspecified atom stereocenters. The molecule has 3 heterocycles. The van der Waals surface area contributed by atoms with Gasteiger partial charge in [0.2, 0.25) is 0 Å². The normalized spacial score (nSPS) is 21.2. The zero-order valence-corrected chi connectivity index (χ0v) is 18.7. The molecule has 0 spiro atoms. The first kappa shape index (κ1) is 22.3. The van der Waals surface area contributed by atoms with Crippen molar-refractivity contribution < 1.29 is 22.7 Å². The summed E-state index contributed by atoms with van der Waals surface area (Å²) in [6.07, 6.45) is -3.65. The van der Waals surface area contributed by atoms with Crippen molar-refractivity contribution in [2.45, 2.75) is 58.4 Å². The van der Waals surface area contributed by atoms with Crippen LogP contribution in [0.15, 0.2) is 4.60 Å². The van der Waals surface area contributed by atoms with Crippen LogP contribution in [0.2, 0.25) is 0 Å². The molecule has 2 saturated heterocycles. The Morgan fingerprint density at radius 2 is 1.83 bits per heavy atom. The number of carbonyl (C=O) groups is 1. The van der Waals surface area contributed by atoms with Gasteiger partial charge in [-0.05, 0) is 56.5 Å². The number of amides is 1. The minimum atomic E-state index is -4.38. The van der Waals surface area contributed by atoms with Gasteiger partial charge in [0.05, 0.1) is 11.7 Å². The van der Waals surface area contributed by atoms with E-state index in [0.29, 0.717) is 30.5 Å². The van der Waals surface area contributed by atoms with Crippen molar-refractivity contribution >= 4 is 22.0 Å². The van der Waals surface area contributed by atoms with Gasteiger partial charge in [-0.1, -0.05) is 5.21 Å². The molecule has 0 atom stereocenters. The van der Waals surface area contributed by atoms with Gasteiger partial charge in [0.25, 0.3) is 0 Å². The van der Waals surface area contributed by atoms with Crippen LogP contribution >= 0.6 is 15.9 Å². The third kappa shape index (κ3) is 4.70. The van der Waals surface area contributed by atoms with Crippen LogP contribution in [-0.4, -0.2) is 75.4 Å². The summed E-state index contributed by atoms with van der Waals surface area (Å²) >= 11 is 3.34. The molecule has 1 aromatic heterocycles. The Kier molecular flexibility index (Phi) is 5.94. The Labute approximate surface area is 176 Å². The van der Waals surface area contributed by atoms with Gasteiger partial charge >= 0.3 is 12.3 Å². The summed E-state index contributed by atoms with van der Waals surface area (Å²) in [5, 5.41) is 8.12. The van der Waals surface area contributed by atoms with E-state index in [9.17, 15) is 18.0 Å². The van der Waals surface area contributed by atoms with Crippen LogP contribution < -0.4 is 0 Å². The summed E-state index contributed by atoms with van der Waals surface area (Å²) in [5.41, 5.74) is -1.71. The number of nitrogens with zero attached hydrogens (tertiary/aromatic N) is 5. The van der Waals surface area contributed by atoms with E-state index in [0.717, 1.165) is 10.6 Å². The van der Waals surface area contributed by atoms with E-state index < -0.39 is 23.3 Å². The molecule has 0 aliphatic carbocycles. The quantitative estimate of drug-likeness (QED) is 0.657. The number of ether oxygens (including phenoxy) is 1. The second kappa shape index (κ2) is 7.72. The number of aromatic nitrogens is 3. The van der Waals surface area contributed by atoms with E-state index in [2.05, 4.69) is 26.2 Å². The molecule has 3 rings (SSSR count). The highest BCUT2D eigenvalue weighted by atomic mass is 79.9. The second-order valence-corrected chi connectivity index (χ2v) is 9.78. The maximum absolute atomic E-state index is 13.8. The van der Waals surface area contributed by atoms with Crippen molar-refractivity contribution in [1.29, 1.82) is 0 Å². The number of hydrogen-bond acceptors (Lipinski definition) is 5. The summed E-state index contributed by atoms with van der Waals surface area (Å²) in [6.45, 7) is 7.26. The number of likely N-dealkylation sites (tertiary alicyclic amines) is 2. The minimum absolute atomic E-state index is 0.109. The third-order valence-electron chi connectivity index (χ3n) is 5.54. The van der Waals surface area contributed by atoms with Crippen LogP contribution in [0.3, 0.4) is 0 Å². The average molecular weight is 482 g/mol. The number of carbonyl (C=O) groups excluding carboxylic acids is 1. The summed E-state index contributed by atoms with van der Waals surface area (Å²) in [5.74, 6) is 0. The molecule has 0 radical (unpaired) electrons. The smallest absolute Gasteiger partial charge is 0.410 e. The second-order valence-electron chi connectivity index (χ2n) is 9.03. The van der Waals surface area contributed by atoms with Gasteiger partial charge in [0, 0.05) is 32.7 Å². The van der Waals surface area contributed by atoms with Crippen LogP contribution in [0.5, 0.6) is 0 Å². The van der Waals surface area contributed by atoms with E-state index >= 15 is 0 Å². The monoisotopic (exact) mass is 481 g/mol. The lowest BCUT2D eigenvalue weighted by Crippen LogP contribution is -2.69. The Morgan fingerprint density at radius 1 is 1.24 bits per heavy atom. The van der Waals surface area contributed by atoms with E-state index in [1.54, 1.807) is 20.8 Å². The van der Waals surface area contributed by atoms with Crippen LogP contribution in [0.1, 0.15) is 45.3 Å². The lowest BCUT2D eigenvalue weighted by atomic mass is 9.78. The number of hydrogen-bond donors (Lipinski definition) is 0. The first-order valence-corrected chi connectivity index (χ1v) is 10.4. The van der Waals surface area contributed by atoms with Crippen molar-refractivity contribution in [3.63, 3.8) is 0 Å². The molecule has 0 bridgehead atoms. The summed E-state index contributed by atoms with van der Waals surface area (Å²) in [4.78, 5) is 15.1. The molecule has 7 nitrogen and oxygen atoms in total. The van der Waals surface area contributed by atoms with E-state index in [1.165, 1.54) is 0 Å². The van der Waals surface area contributed by atoms with Gasteiger partial charge in [-0.25, -0.2) is 9.48 Å². The maximum atomic E-state index is 13.8. The fourth-order valence-electron chi connectivity index (χ4n) is 3.93. The minimum Gasteiger partial charge on any atom is -0.444 e. The van der Waals surface area contributed by atoms with Crippen molar-refractivity contribution in [3.05, 3.63) is 10.3 Å². The Balaban J connectivity index is 1.59. The average Bonchev–Trinajstić information content (AvgIpc) is 2.87. The van der Waals surface area contributed by atoms with Crippen LogP contribution in [0.25, 0.3) is 0 Å². The number of piperidine rings is 1. The predicted octanol–water partition coefficient (Wildman–Crippen LogP) is 3.79. The molecule has 1 aromatic rings. The predicted molar refractivity (Wildman–Crippen MR) is 103 cm³/mol. The standard InChI is InChI=1S/C18H27BrF3N5O2/c1-12-14(19)23-24-27(12)13-5-7-25(8-6-13)9-17(18(20,21)22)10-26(11-17)15(28)29-16(2,3)4/h13H,5-11H2,1-4H3. The summed E-state index contributed by atoms with van der Waals surface area (Å²) in [7, 11) is 0. The number of rotatable bonds is 3. The highest BCUT2D eigenvalue weighted by Crippen LogP contribution is 2.47. The molecule has 0 N–H and O–H groups in total. The highest BCUT2D eigenvalue weighted by Gasteiger charge is 2.63. The molecular formula is C18H27BrF3N5O2. The topological polar surface area (TPSA) is 63.5 Å². The molecule has 11 heteroatoms. The summed E-state index contributed by atoms with van der Waals surface area (Å²) < 4.78 is 49.3. The van der Waals surface area contributed by atoms with Gasteiger partial charge in [-0.15, -0.1) is 5.10 Å². The molecule has 29 heavy (non-hydrogen) atoms. The fourth-order valence-corrected chi connectivity index (χ4v) is 4.18. The number of alkyl halides is 3. The van der Waals surface area contributed by atoms with Crippen molar-refractivity contribution in [2.24, 2.45) is 5.41 Å². The summed E-state index contributed by atoms with van der Waals surface area (Å²) in [6, 6.07) is 0.131. The Bertz CT molecular complexity index is 748.